The molecule has 0 aliphatic heterocycles. The number of rotatable bonds is 5. The SMILES string of the molecule is CN(C)CCSc1ccc(C=O)s1. The molecule has 0 saturated carbocycles. The quantitative estimate of drug-likeness (QED) is 0.555. The number of aldehydes is 1. The molecule has 1 aromatic rings. The molecule has 1 aromatic heterocycles. The van der Waals surface area contributed by atoms with Gasteiger partial charge in [0.05, 0.1) is 9.09 Å². The highest BCUT2D eigenvalue weighted by Gasteiger charge is 1.99. The molecular weight excluding hydrogens is 202 g/mol. The van der Waals surface area contributed by atoms with E-state index in [-0.39, 0.29) is 0 Å². The second kappa shape index (κ2) is 5.42. The molecule has 0 N–H and O–H groups in total. The van der Waals surface area contributed by atoms with Crippen LogP contribution >= 0.6 is 23.1 Å². The number of hydrogen-bond acceptors (Lipinski definition) is 4. The summed E-state index contributed by atoms with van der Waals surface area (Å²) < 4.78 is 1.23. The maximum atomic E-state index is 10.4. The first-order valence-corrected chi connectivity index (χ1v) is 5.85. The Morgan fingerprint density at radius 1 is 1.54 bits per heavy atom. The van der Waals surface area contributed by atoms with Gasteiger partial charge in [0.15, 0.2) is 6.29 Å². The van der Waals surface area contributed by atoms with E-state index in [0.29, 0.717) is 0 Å². The Hall–Kier alpha value is -0.320. The lowest BCUT2D eigenvalue weighted by Crippen LogP contribution is -2.14. The molecule has 0 fully saturated rings. The summed E-state index contributed by atoms with van der Waals surface area (Å²) in [6, 6.07) is 3.88. The second-order valence-corrected chi connectivity index (χ2v) is 5.44. The van der Waals surface area contributed by atoms with Crippen LogP contribution in [0.1, 0.15) is 9.67 Å². The van der Waals surface area contributed by atoms with Crippen molar-refractivity contribution in [1.29, 1.82) is 0 Å². The van der Waals surface area contributed by atoms with Gasteiger partial charge < -0.3 is 4.90 Å². The Morgan fingerprint density at radius 3 is 2.85 bits per heavy atom. The van der Waals surface area contributed by atoms with E-state index in [2.05, 4.69) is 19.0 Å². The van der Waals surface area contributed by atoms with Crippen LogP contribution < -0.4 is 0 Å². The molecule has 0 aromatic carbocycles. The molecule has 13 heavy (non-hydrogen) atoms. The molecule has 0 spiro atoms. The van der Waals surface area contributed by atoms with Crippen molar-refractivity contribution in [2.24, 2.45) is 0 Å². The molecule has 0 saturated heterocycles. The lowest BCUT2D eigenvalue weighted by Gasteiger charge is -2.07. The first kappa shape index (κ1) is 10.8. The van der Waals surface area contributed by atoms with Gasteiger partial charge in [-0.3, -0.25) is 4.79 Å². The fraction of sp³-hybridized carbons (Fsp3) is 0.444. The van der Waals surface area contributed by atoms with E-state index in [1.807, 2.05) is 12.1 Å². The van der Waals surface area contributed by atoms with E-state index in [9.17, 15) is 4.79 Å². The van der Waals surface area contributed by atoms with Crippen molar-refractivity contribution < 1.29 is 4.79 Å². The van der Waals surface area contributed by atoms with Crippen molar-refractivity contribution in [3.63, 3.8) is 0 Å². The van der Waals surface area contributed by atoms with Gasteiger partial charge in [-0.1, -0.05) is 0 Å². The molecule has 1 rings (SSSR count). The van der Waals surface area contributed by atoms with Crippen LogP contribution in [0.4, 0.5) is 0 Å². The molecule has 0 aliphatic rings. The van der Waals surface area contributed by atoms with Gasteiger partial charge in [-0.25, -0.2) is 0 Å². The predicted octanol–water partition coefficient (Wildman–Crippen LogP) is 2.21. The van der Waals surface area contributed by atoms with Gasteiger partial charge in [0.1, 0.15) is 0 Å². The molecule has 0 radical (unpaired) electrons. The van der Waals surface area contributed by atoms with E-state index in [1.165, 1.54) is 4.21 Å². The lowest BCUT2D eigenvalue weighted by molar-refractivity contribution is 0.112. The van der Waals surface area contributed by atoms with Crippen LogP contribution in [-0.2, 0) is 0 Å². The van der Waals surface area contributed by atoms with Crippen molar-refractivity contribution in [1.82, 2.24) is 4.90 Å². The summed E-state index contributed by atoms with van der Waals surface area (Å²) in [5, 5.41) is 0. The molecule has 0 unspecified atom stereocenters. The summed E-state index contributed by atoms with van der Waals surface area (Å²) in [6.07, 6.45) is 0.903. The summed E-state index contributed by atoms with van der Waals surface area (Å²) >= 11 is 3.36. The predicted molar refractivity (Wildman–Crippen MR) is 59.0 cm³/mol. The van der Waals surface area contributed by atoms with Gasteiger partial charge in [0.25, 0.3) is 0 Å². The normalized spacial score (nSPS) is 10.7. The Balaban J connectivity index is 2.32. The Labute approximate surface area is 86.9 Å². The number of hydrogen-bond donors (Lipinski definition) is 0. The van der Waals surface area contributed by atoms with Gasteiger partial charge >= 0.3 is 0 Å². The number of thiophene rings is 1. The molecule has 0 bridgehead atoms. The molecule has 4 heteroatoms. The van der Waals surface area contributed by atoms with Crippen LogP contribution in [0.15, 0.2) is 16.3 Å². The van der Waals surface area contributed by atoms with Crippen LogP contribution in [0, 0.1) is 0 Å². The van der Waals surface area contributed by atoms with E-state index in [0.717, 1.165) is 23.5 Å². The lowest BCUT2D eigenvalue weighted by atomic mass is 10.5. The van der Waals surface area contributed by atoms with Gasteiger partial charge in [-0.15, -0.1) is 23.1 Å². The average Bonchev–Trinajstić information content (AvgIpc) is 2.52. The standard InChI is InChI=1S/C9H13NOS2/c1-10(2)5-6-12-9-4-3-8(7-11)13-9/h3-4,7H,5-6H2,1-2H3. The largest absolute Gasteiger partial charge is 0.309 e. The zero-order valence-electron chi connectivity index (χ0n) is 7.82. The van der Waals surface area contributed by atoms with Crippen molar-refractivity contribution in [2.75, 3.05) is 26.4 Å². The van der Waals surface area contributed by atoms with E-state index >= 15 is 0 Å². The maximum Gasteiger partial charge on any atom is 0.160 e. The fourth-order valence-electron chi connectivity index (χ4n) is 0.804. The topological polar surface area (TPSA) is 20.3 Å². The third-order valence-electron chi connectivity index (χ3n) is 1.50. The summed E-state index contributed by atoms with van der Waals surface area (Å²) in [4.78, 5) is 13.4. The van der Waals surface area contributed by atoms with Crippen LogP contribution in [0.3, 0.4) is 0 Å². The van der Waals surface area contributed by atoms with E-state index < -0.39 is 0 Å². The van der Waals surface area contributed by atoms with E-state index in [4.69, 9.17) is 0 Å². The molecule has 72 valence electrons. The number of thioether (sulfide) groups is 1. The molecule has 0 aliphatic carbocycles. The first-order chi connectivity index (χ1) is 6.22. The van der Waals surface area contributed by atoms with Crippen molar-refractivity contribution in [2.45, 2.75) is 4.21 Å². The Bertz CT molecular complexity index is 270. The minimum absolute atomic E-state index is 0.812. The highest BCUT2D eigenvalue weighted by Crippen LogP contribution is 2.25. The van der Waals surface area contributed by atoms with Crippen molar-refractivity contribution in [3.05, 3.63) is 17.0 Å². The third kappa shape index (κ3) is 3.93. The number of carbonyl (C=O) groups excluding carboxylic acids is 1. The van der Waals surface area contributed by atoms with Crippen molar-refractivity contribution >= 4 is 29.4 Å². The smallest absolute Gasteiger partial charge is 0.160 e. The molecule has 1 heterocycles. The van der Waals surface area contributed by atoms with Gasteiger partial charge in [0.2, 0.25) is 0 Å². The van der Waals surface area contributed by atoms with Crippen LogP contribution in [0.25, 0.3) is 0 Å². The fourth-order valence-corrected chi connectivity index (χ4v) is 2.95. The minimum Gasteiger partial charge on any atom is -0.309 e. The minimum atomic E-state index is 0.812. The van der Waals surface area contributed by atoms with Crippen LogP contribution in [-0.4, -0.2) is 37.6 Å². The summed E-state index contributed by atoms with van der Waals surface area (Å²) in [5.41, 5.74) is 0. The monoisotopic (exact) mass is 215 g/mol. The third-order valence-corrected chi connectivity index (χ3v) is 3.72. The van der Waals surface area contributed by atoms with Gasteiger partial charge in [-0.05, 0) is 26.2 Å². The molecule has 2 nitrogen and oxygen atoms in total. The maximum absolute atomic E-state index is 10.4. The zero-order valence-corrected chi connectivity index (χ0v) is 9.45. The molecule has 0 amide bonds. The highest BCUT2D eigenvalue weighted by molar-refractivity contribution is 8.01. The van der Waals surface area contributed by atoms with Gasteiger partial charge in [-0.2, -0.15) is 0 Å². The molecular formula is C9H13NOS2. The summed E-state index contributed by atoms with van der Waals surface area (Å²) in [5.74, 6) is 1.08. The number of carbonyl (C=O) groups is 1. The summed E-state index contributed by atoms with van der Waals surface area (Å²) in [6.45, 7) is 1.07. The van der Waals surface area contributed by atoms with Crippen molar-refractivity contribution in [3.8, 4) is 0 Å². The second-order valence-electron chi connectivity index (χ2n) is 2.93. The highest BCUT2D eigenvalue weighted by atomic mass is 32.2. The molecule has 0 atom stereocenters. The number of nitrogens with zero attached hydrogens (tertiary/aromatic N) is 1. The Morgan fingerprint density at radius 2 is 2.31 bits per heavy atom. The summed E-state index contributed by atoms with van der Waals surface area (Å²) in [7, 11) is 4.12. The zero-order chi connectivity index (χ0) is 9.68. The first-order valence-electron chi connectivity index (χ1n) is 4.05. The van der Waals surface area contributed by atoms with E-state index in [1.54, 1.807) is 23.1 Å². The Kier molecular flexibility index (Phi) is 4.48. The van der Waals surface area contributed by atoms with Gasteiger partial charge in [0, 0.05) is 12.3 Å². The van der Waals surface area contributed by atoms with Crippen LogP contribution in [0.5, 0.6) is 0 Å². The average molecular weight is 215 g/mol. The van der Waals surface area contributed by atoms with Crippen LogP contribution in [0.2, 0.25) is 0 Å².